The maximum absolute atomic E-state index is 12.4. The highest BCUT2D eigenvalue weighted by atomic mass is 35.5. The Morgan fingerprint density at radius 1 is 1.33 bits per heavy atom. The normalized spacial score (nSPS) is 11.2. The van der Waals surface area contributed by atoms with Gasteiger partial charge < -0.3 is 0 Å². The molecule has 3 nitrogen and oxygen atoms in total. The minimum absolute atomic E-state index is 0.0605. The molecule has 1 aromatic carbocycles. The molecule has 0 atom stereocenters. The minimum atomic E-state index is -0.0605. The lowest BCUT2D eigenvalue weighted by Gasteiger charge is -1.97. The number of fused-ring (bicyclic) bond motifs is 1. The monoisotopic (exact) mass is 338 g/mol. The van der Waals surface area contributed by atoms with Crippen LogP contribution in [-0.4, -0.2) is 15.6 Å². The van der Waals surface area contributed by atoms with Gasteiger partial charge in [0.05, 0.1) is 22.0 Å². The van der Waals surface area contributed by atoms with Crippen molar-refractivity contribution in [2.45, 2.75) is 19.9 Å². The average molecular weight is 339 g/mol. The van der Waals surface area contributed by atoms with E-state index < -0.39 is 0 Å². The molecule has 2 aromatic heterocycles. The Labute approximate surface area is 136 Å². The third kappa shape index (κ3) is 2.71. The van der Waals surface area contributed by atoms with Crippen molar-refractivity contribution < 1.29 is 4.79 Å². The smallest absolute Gasteiger partial charge is 0.171 e. The molecule has 0 N–H and O–H groups in total. The number of rotatable bonds is 4. The molecule has 0 saturated heterocycles. The molecule has 0 bridgehead atoms. The molecule has 0 spiro atoms. The van der Waals surface area contributed by atoms with E-state index in [9.17, 15) is 4.79 Å². The van der Waals surface area contributed by atoms with Crippen LogP contribution in [0.5, 0.6) is 0 Å². The zero-order valence-electron chi connectivity index (χ0n) is 11.3. The predicted octanol–water partition coefficient (Wildman–Crippen LogP) is 4.85. The summed E-state index contributed by atoms with van der Waals surface area (Å²) in [5, 5.41) is 5.54. The highest BCUT2D eigenvalue weighted by Crippen LogP contribution is 2.32. The molecule has 0 saturated carbocycles. The number of carbonyl (C=O) groups excluding carboxylic acids is 1. The second-order valence-electron chi connectivity index (χ2n) is 4.62. The lowest BCUT2D eigenvalue weighted by atomic mass is 10.1. The van der Waals surface area contributed by atoms with Gasteiger partial charge in [-0.3, -0.25) is 9.48 Å². The van der Waals surface area contributed by atoms with Gasteiger partial charge in [0.1, 0.15) is 4.34 Å². The Balaban J connectivity index is 1.98. The number of benzene rings is 1. The molecule has 6 heteroatoms. The van der Waals surface area contributed by atoms with Gasteiger partial charge in [0.15, 0.2) is 5.78 Å². The number of hydrogen-bond acceptors (Lipinski definition) is 3. The standard InChI is InChI=1S/C15H12Cl2N2OS/c1-2-19-12-6-4-3-5-9(12)11(18-19)8-13(20)10-7-14(16)21-15(10)17/h3-7H,2,8H2,1H3. The van der Waals surface area contributed by atoms with Crippen LogP contribution < -0.4 is 0 Å². The van der Waals surface area contributed by atoms with Gasteiger partial charge in [0.25, 0.3) is 0 Å². The van der Waals surface area contributed by atoms with E-state index >= 15 is 0 Å². The zero-order chi connectivity index (χ0) is 15.0. The van der Waals surface area contributed by atoms with Crippen LogP contribution >= 0.6 is 34.5 Å². The number of para-hydroxylation sites is 1. The molecule has 0 amide bonds. The molecule has 0 fully saturated rings. The van der Waals surface area contributed by atoms with E-state index in [0.29, 0.717) is 14.2 Å². The fourth-order valence-corrected chi connectivity index (χ4v) is 3.84. The summed E-state index contributed by atoms with van der Waals surface area (Å²) in [6.07, 6.45) is 0.223. The van der Waals surface area contributed by atoms with Crippen molar-refractivity contribution in [3.05, 3.63) is 50.3 Å². The van der Waals surface area contributed by atoms with Crippen molar-refractivity contribution in [3.8, 4) is 0 Å². The fourth-order valence-electron chi connectivity index (χ4n) is 2.35. The summed E-state index contributed by atoms with van der Waals surface area (Å²) in [5.74, 6) is -0.0605. The van der Waals surface area contributed by atoms with Gasteiger partial charge in [-0.05, 0) is 19.1 Å². The van der Waals surface area contributed by atoms with Crippen LogP contribution in [0.2, 0.25) is 8.67 Å². The van der Waals surface area contributed by atoms with Crippen molar-refractivity contribution in [3.63, 3.8) is 0 Å². The number of thiophene rings is 1. The van der Waals surface area contributed by atoms with Crippen LogP contribution in [0.3, 0.4) is 0 Å². The average Bonchev–Trinajstić information content (AvgIpc) is 2.99. The second kappa shape index (κ2) is 5.79. The first-order valence-electron chi connectivity index (χ1n) is 6.52. The molecule has 0 radical (unpaired) electrons. The molecular weight excluding hydrogens is 327 g/mol. The lowest BCUT2D eigenvalue weighted by molar-refractivity contribution is 0.0992. The van der Waals surface area contributed by atoms with Crippen molar-refractivity contribution >= 4 is 51.2 Å². The molecule has 0 aliphatic carbocycles. The first-order chi connectivity index (χ1) is 10.1. The number of nitrogens with zero attached hydrogens (tertiary/aromatic N) is 2. The van der Waals surface area contributed by atoms with Crippen molar-refractivity contribution in [1.29, 1.82) is 0 Å². The van der Waals surface area contributed by atoms with E-state index in [1.807, 2.05) is 35.9 Å². The zero-order valence-corrected chi connectivity index (χ0v) is 13.6. The summed E-state index contributed by atoms with van der Waals surface area (Å²) in [7, 11) is 0. The van der Waals surface area contributed by atoms with Gasteiger partial charge in [0.2, 0.25) is 0 Å². The highest BCUT2D eigenvalue weighted by Gasteiger charge is 2.18. The fraction of sp³-hybridized carbons (Fsp3) is 0.200. The second-order valence-corrected chi connectivity index (χ2v) is 6.90. The highest BCUT2D eigenvalue weighted by molar-refractivity contribution is 7.20. The third-order valence-electron chi connectivity index (χ3n) is 3.32. The number of hydrogen-bond donors (Lipinski definition) is 0. The number of Topliss-reactive ketones (excluding diaryl/α,β-unsaturated/α-hetero) is 1. The third-order valence-corrected chi connectivity index (χ3v) is 4.81. The summed E-state index contributed by atoms with van der Waals surface area (Å²) in [4.78, 5) is 12.4. The van der Waals surface area contributed by atoms with E-state index in [4.69, 9.17) is 23.2 Å². The quantitative estimate of drug-likeness (QED) is 0.637. The number of halogens is 2. The molecule has 3 rings (SSSR count). The number of aryl methyl sites for hydroxylation is 1. The van der Waals surface area contributed by atoms with Crippen LogP contribution in [0, 0.1) is 0 Å². The SMILES string of the molecule is CCn1nc(CC(=O)c2cc(Cl)sc2Cl)c2ccccc21. The Hall–Kier alpha value is -1.36. The minimum Gasteiger partial charge on any atom is -0.294 e. The molecular formula is C15H12Cl2N2OS. The van der Waals surface area contributed by atoms with Crippen molar-refractivity contribution in [2.75, 3.05) is 0 Å². The maximum atomic E-state index is 12.4. The molecule has 21 heavy (non-hydrogen) atoms. The van der Waals surface area contributed by atoms with Crippen molar-refractivity contribution in [2.24, 2.45) is 0 Å². The van der Waals surface area contributed by atoms with E-state index in [2.05, 4.69) is 5.10 Å². The summed E-state index contributed by atoms with van der Waals surface area (Å²) < 4.78 is 2.86. The Morgan fingerprint density at radius 3 is 2.76 bits per heavy atom. The van der Waals surface area contributed by atoms with Gasteiger partial charge in [-0.2, -0.15) is 5.10 Å². The molecule has 0 unspecified atom stereocenters. The Kier molecular flexibility index (Phi) is 4.02. The lowest BCUT2D eigenvalue weighted by Crippen LogP contribution is -2.05. The van der Waals surface area contributed by atoms with Crippen LogP contribution in [0.25, 0.3) is 10.9 Å². The summed E-state index contributed by atoms with van der Waals surface area (Å²) in [5.41, 5.74) is 2.29. The molecule has 108 valence electrons. The van der Waals surface area contributed by atoms with Crippen molar-refractivity contribution in [1.82, 2.24) is 9.78 Å². The summed E-state index contributed by atoms with van der Waals surface area (Å²) in [6.45, 7) is 2.79. The van der Waals surface area contributed by atoms with E-state index in [1.54, 1.807) is 6.07 Å². The van der Waals surface area contributed by atoms with Crippen LogP contribution in [0.4, 0.5) is 0 Å². The Morgan fingerprint density at radius 2 is 2.10 bits per heavy atom. The van der Waals surface area contributed by atoms with E-state index in [-0.39, 0.29) is 12.2 Å². The Bertz CT molecular complexity index is 822. The number of ketones is 1. The van der Waals surface area contributed by atoms with E-state index in [1.165, 1.54) is 11.3 Å². The molecule has 3 aromatic rings. The van der Waals surface area contributed by atoms with Crippen LogP contribution in [0.15, 0.2) is 30.3 Å². The molecule has 0 aliphatic heterocycles. The van der Waals surface area contributed by atoms with Gasteiger partial charge in [0, 0.05) is 17.5 Å². The van der Waals surface area contributed by atoms with Gasteiger partial charge in [-0.25, -0.2) is 0 Å². The topological polar surface area (TPSA) is 34.9 Å². The first-order valence-corrected chi connectivity index (χ1v) is 8.10. The van der Waals surface area contributed by atoms with Gasteiger partial charge in [-0.15, -0.1) is 11.3 Å². The first kappa shape index (κ1) is 14.6. The van der Waals surface area contributed by atoms with Crippen LogP contribution in [0.1, 0.15) is 23.0 Å². The van der Waals surface area contributed by atoms with E-state index in [0.717, 1.165) is 23.1 Å². The predicted molar refractivity (Wildman–Crippen MR) is 87.8 cm³/mol. The maximum Gasteiger partial charge on any atom is 0.171 e. The molecule has 0 aliphatic rings. The molecule has 2 heterocycles. The summed E-state index contributed by atoms with van der Waals surface area (Å²) in [6, 6.07) is 9.53. The van der Waals surface area contributed by atoms with Gasteiger partial charge >= 0.3 is 0 Å². The number of carbonyl (C=O) groups is 1. The summed E-state index contributed by atoms with van der Waals surface area (Å²) >= 11 is 13.1. The van der Waals surface area contributed by atoms with Crippen LogP contribution in [-0.2, 0) is 13.0 Å². The van der Waals surface area contributed by atoms with Gasteiger partial charge in [-0.1, -0.05) is 41.4 Å². The largest absolute Gasteiger partial charge is 0.294 e. The number of aromatic nitrogens is 2.